The third kappa shape index (κ3) is 4.19. The first-order chi connectivity index (χ1) is 8.28. The van der Waals surface area contributed by atoms with Crippen LogP contribution in [-0.2, 0) is 12.8 Å². The van der Waals surface area contributed by atoms with Crippen LogP contribution < -0.4 is 0 Å². The van der Waals surface area contributed by atoms with E-state index in [1.54, 1.807) is 11.3 Å². The highest BCUT2D eigenvalue weighted by Crippen LogP contribution is 2.19. The van der Waals surface area contributed by atoms with Crippen LogP contribution in [0.2, 0.25) is 0 Å². The molecule has 0 radical (unpaired) electrons. The van der Waals surface area contributed by atoms with Crippen molar-refractivity contribution in [2.45, 2.75) is 12.8 Å². The standard InChI is InChI=1S/C13H13Br2NS/c14-9-11(8-13-16-5-6-17-13)7-10-1-3-12(15)4-2-10/h1-6,11H,7-9H2. The second kappa shape index (κ2) is 6.66. The molecular weight excluding hydrogens is 362 g/mol. The maximum atomic E-state index is 4.35. The van der Waals surface area contributed by atoms with Gasteiger partial charge in [-0.05, 0) is 30.0 Å². The summed E-state index contributed by atoms with van der Waals surface area (Å²) in [4.78, 5) is 4.35. The van der Waals surface area contributed by atoms with Crippen molar-refractivity contribution < 1.29 is 0 Å². The summed E-state index contributed by atoms with van der Waals surface area (Å²) in [6, 6.07) is 8.57. The van der Waals surface area contributed by atoms with Gasteiger partial charge in [-0.1, -0.05) is 44.0 Å². The highest BCUT2D eigenvalue weighted by atomic mass is 79.9. The maximum absolute atomic E-state index is 4.35. The van der Waals surface area contributed by atoms with E-state index < -0.39 is 0 Å². The predicted octanol–water partition coefficient (Wildman–Crippen LogP) is 4.70. The Hall–Kier alpha value is -0.190. The highest BCUT2D eigenvalue weighted by molar-refractivity contribution is 9.10. The Bertz CT molecular complexity index is 439. The second-order valence-corrected chi connectivity index (χ2v) is 6.52. The molecule has 17 heavy (non-hydrogen) atoms. The number of hydrogen-bond donors (Lipinski definition) is 0. The molecule has 1 nitrogen and oxygen atoms in total. The summed E-state index contributed by atoms with van der Waals surface area (Å²) in [7, 11) is 0. The van der Waals surface area contributed by atoms with Crippen LogP contribution in [0.1, 0.15) is 10.6 Å². The summed E-state index contributed by atoms with van der Waals surface area (Å²) in [5.74, 6) is 0.613. The zero-order valence-electron chi connectivity index (χ0n) is 9.27. The van der Waals surface area contributed by atoms with Crippen LogP contribution in [0.3, 0.4) is 0 Å². The number of halogens is 2. The van der Waals surface area contributed by atoms with Gasteiger partial charge in [0.05, 0.1) is 5.01 Å². The fourth-order valence-corrected chi connectivity index (χ4v) is 3.19. The summed E-state index contributed by atoms with van der Waals surface area (Å²) >= 11 is 8.80. The maximum Gasteiger partial charge on any atom is 0.0927 e. The van der Waals surface area contributed by atoms with Crippen molar-refractivity contribution in [3.8, 4) is 0 Å². The van der Waals surface area contributed by atoms with Crippen molar-refractivity contribution in [1.29, 1.82) is 0 Å². The first-order valence-corrected chi connectivity index (χ1v) is 8.26. The first kappa shape index (κ1) is 13.2. The number of thiazole rings is 1. The van der Waals surface area contributed by atoms with Crippen LogP contribution in [0.4, 0.5) is 0 Å². The summed E-state index contributed by atoms with van der Waals surface area (Å²) in [5.41, 5.74) is 1.38. The topological polar surface area (TPSA) is 12.9 Å². The smallest absolute Gasteiger partial charge is 0.0927 e. The molecule has 0 amide bonds. The fraction of sp³-hybridized carbons (Fsp3) is 0.308. The highest BCUT2D eigenvalue weighted by Gasteiger charge is 2.11. The van der Waals surface area contributed by atoms with E-state index in [1.165, 1.54) is 10.6 Å². The molecular formula is C13H13Br2NS. The molecule has 0 aliphatic heterocycles. The lowest BCUT2D eigenvalue weighted by Gasteiger charge is -2.12. The fourth-order valence-electron chi connectivity index (χ4n) is 1.74. The van der Waals surface area contributed by atoms with E-state index >= 15 is 0 Å². The van der Waals surface area contributed by atoms with Crippen LogP contribution >= 0.6 is 43.2 Å². The molecule has 0 aliphatic carbocycles. The average molecular weight is 375 g/mol. The molecule has 1 atom stereocenters. The molecule has 90 valence electrons. The lowest BCUT2D eigenvalue weighted by Crippen LogP contribution is -2.09. The van der Waals surface area contributed by atoms with E-state index in [2.05, 4.69) is 61.1 Å². The van der Waals surface area contributed by atoms with E-state index in [0.717, 1.165) is 22.6 Å². The van der Waals surface area contributed by atoms with Crippen molar-refractivity contribution in [2.75, 3.05) is 5.33 Å². The molecule has 0 saturated heterocycles. The Morgan fingerprint density at radius 3 is 2.53 bits per heavy atom. The van der Waals surface area contributed by atoms with Gasteiger partial charge in [0.25, 0.3) is 0 Å². The van der Waals surface area contributed by atoms with Crippen LogP contribution in [0.25, 0.3) is 0 Å². The van der Waals surface area contributed by atoms with Crippen molar-refractivity contribution in [2.24, 2.45) is 5.92 Å². The molecule has 0 aliphatic rings. The Morgan fingerprint density at radius 1 is 1.18 bits per heavy atom. The van der Waals surface area contributed by atoms with E-state index in [-0.39, 0.29) is 0 Å². The summed E-state index contributed by atoms with van der Waals surface area (Å²) in [6.07, 6.45) is 4.03. The second-order valence-electron chi connectivity index (χ2n) is 3.98. The molecule has 0 fully saturated rings. The lowest BCUT2D eigenvalue weighted by molar-refractivity contribution is 0.589. The molecule has 0 N–H and O–H groups in total. The molecule has 1 aromatic heterocycles. The summed E-state index contributed by atoms with van der Waals surface area (Å²) < 4.78 is 1.14. The van der Waals surface area contributed by atoms with Crippen LogP contribution in [0.15, 0.2) is 40.3 Å². The van der Waals surface area contributed by atoms with E-state index in [0.29, 0.717) is 5.92 Å². The molecule has 4 heteroatoms. The minimum absolute atomic E-state index is 0.613. The number of hydrogen-bond acceptors (Lipinski definition) is 2. The van der Waals surface area contributed by atoms with Gasteiger partial charge in [-0.15, -0.1) is 11.3 Å². The van der Waals surface area contributed by atoms with Crippen molar-refractivity contribution in [3.63, 3.8) is 0 Å². The number of nitrogens with zero attached hydrogens (tertiary/aromatic N) is 1. The SMILES string of the molecule is BrCC(Cc1ccc(Br)cc1)Cc1nccs1. The largest absolute Gasteiger partial charge is 0.250 e. The van der Waals surface area contributed by atoms with Crippen LogP contribution in [0, 0.1) is 5.92 Å². The van der Waals surface area contributed by atoms with Gasteiger partial charge in [-0.3, -0.25) is 0 Å². The molecule has 1 heterocycles. The van der Waals surface area contributed by atoms with E-state index in [1.807, 2.05) is 11.6 Å². The first-order valence-electron chi connectivity index (χ1n) is 5.46. The summed E-state index contributed by atoms with van der Waals surface area (Å²) in [6.45, 7) is 0. The van der Waals surface area contributed by atoms with Crippen molar-refractivity contribution >= 4 is 43.2 Å². The van der Waals surface area contributed by atoms with Crippen molar-refractivity contribution in [3.05, 3.63) is 50.9 Å². The average Bonchev–Trinajstić information content (AvgIpc) is 2.84. The van der Waals surface area contributed by atoms with Gasteiger partial charge >= 0.3 is 0 Å². The molecule has 0 bridgehead atoms. The van der Waals surface area contributed by atoms with Crippen molar-refractivity contribution in [1.82, 2.24) is 4.98 Å². The third-order valence-electron chi connectivity index (χ3n) is 2.60. The molecule has 2 rings (SSSR count). The molecule has 1 aromatic carbocycles. The minimum Gasteiger partial charge on any atom is -0.250 e. The Balaban J connectivity index is 1.97. The molecule has 0 spiro atoms. The monoisotopic (exact) mass is 373 g/mol. The quantitative estimate of drug-likeness (QED) is 0.691. The zero-order valence-corrected chi connectivity index (χ0v) is 13.3. The normalized spacial score (nSPS) is 12.6. The number of rotatable bonds is 5. The van der Waals surface area contributed by atoms with Gasteiger partial charge in [-0.25, -0.2) is 4.98 Å². The van der Waals surface area contributed by atoms with Gasteiger partial charge < -0.3 is 0 Å². The van der Waals surface area contributed by atoms with Gasteiger partial charge in [0.2, 0.25) is 0 Å². The Morgan fingerprint density at radius 2 is 1.94 bits per heavy atom. The van der Waals surface area contributed by atoms with Crippen LogP contribution in [0.5, 0.6) is 0 Å². The number of alkyl halides is 1. The van der Waals surface area contributed by atoms with Crippen LogP contribution in [-0.4, -0.2) is 10.3 Å². The lowest BCUT2D eigenvalue weighted by atomic mass is 9.98. The Labute approximate surface area is 123 Å². The number of aromatic nitrogens is 1. The van der Waals surface area contributed by atoms with Gasteiger partial charge in [0.1, 0.15) is 0 Å². The third-order valence-corrected chi connectivity index (χ3v) is 4.85. The van der Waals surface area contributed by atoms with Gasteiger partial charge in [0.15, 0.2) is 0 Å². The Kier molecular flexibility index (Phi) is 5.19. The molecule has 1 unspecified atom stereocenters. The van der Waals surface area contributed by atoms with E-state index in [9.17, 15) is 0 Å². The molecule has 2 aromatic rings. The zero-order chi connectivity index (χ0) is 12.1. The molecule has 0 saturated carbocycles. The predicted molar refractivity (Wildman–Crippen MR) is 80.9 cm³/mol. The number of benzene rings is 1. The minimum atomic E-state index is 0.613. The summed E-state index contributed by atoms with van der Waals surface area (Å²) in [5, 5.41) is 4.29. The van der Waals surface area contributed by atoms with E-state index in [4.69, 9.17) is 0 Å². The van der Waals surface area contributed by atoms with Gasteiger partial charge in [0, 0.05) is 27.8 Å². The van der Waals surface area contributed by atoms with Gasteiger partial charge in [-0.2, -0.15) is 0 Å².